The summed E-state index contributed by atoms with van der Waals surface area (Å²) in [6.07, 6.45) is 3.99. The van der Waals surface area contributed by atoms with E-state index in [-0.39, 0.29) is 12.7 Å². The molecular formula is C23H24ClN3O4. The van der Waals surface area contributed by atoms with Gasteiger partial charge in [-0.05, 0) is 43.2 Å². The van der Waals surface area contributed by atoms with Gasteiger partial charge < -0.3 is 14.2 Å². The van der Waals surface area contributed by atoms with Gasteiger partial charge in [-0.1, -0.05) is 36.7 Å². The van der Waals surface area contributed by atoms with E-state index < -0.39 is 5.91 Å². The van der Waals surface area contributed by atoms with Crippen LogP contribution in [-0.4, -0.2) is 36.9 Å². The van der Waals surface area contributed by atoms with E-state index in [1.54, 1.807) is 24.4 Å². The number of pyridine rings is 1. The minimum atomic E-state index is -0.404. The maximum absolute atomic E-state index is 12.1. The highest BCUT2D eigenvalue weighted by molar-refractivity contribution is 6.32. The van der Waals surface area contributed by atoms with Gasteiger partial charge in [-0.15, -0.1) is 0 Å². The summed E-state index contributed by atoms with van der Waals surface area (Å²) in [6.45, 7) is 3.78. The average molecular weight is 442 g/mol. The molecule has 2 aromatic carbocycles. The molecule has 0 fully saturated rings. The summed E-state index contributed by atoms with van der Waals surface area (Å²) in [5.74, 6) is 1.11. The van der Waals surface area contributed by atoms with Crippen LogP contribution in [0.2, 0.25) is 5.02 Å². The fourth-order valence-electron chi connectivity index (χ4n) is 2.76. The number of fused-ring (bicyclic) bond motifs is 1. The van der Waals surface area contributed by atoms with Gasteiger partial charge in [0.25, 0.3) is 5.91 Å². The second-order valence-electron chi connectivity index (χ2n) is 6.78. The first-order valence-corrected chi connectivity index (χ1v) is 10.2. The van der Waals surface area contributed by atoms with Crippen LogP contribution in [0.25, 0.3) is 10.9 Å². The molecule has 0 aliphatic carbocycles. The Bertz CT molecular complexity index is 1080. The number of carbonyl (C=O) groups excluding carboxylic acids is 1. The molecule has 0 spiro atoms. The van der Waals surface area contributed by atoms with Crippen molar-refractivity contribution < 1.29 is 19.0 Å². The minimum Gasteiger partial charge on any atom is -0.493 e. The van der Waals surface area contributed by atoms with E-state index in [1.807, 2.05) is 38.1 Å². The van der Waals surface area contributed by atoms with Crippen LogP contribution in [0.4, 0.5) is 0 Å². The van der Waals surface area contributed by atoms with Crippen LogP contribution in [0, 0.1) is 0 Å². The zero-order valence-corrected chi connectivity index (χ0v) is 18.3. The molecule has 7 nitrogen and oxygen atoms in total. The Hall–Kier alpha value is -3.32. The fraction of sp³-hybridized carbons (Fsp3) is 0.261. The Balaban J connectivity index is 1.61. The van der Waals surface area contributed by atoms with Gasteiger partial charge in [0.1, 0.15) is 11.3 Å². The number of halogens is 1. The lowest BCUT2D eigenvalue weighted by molar-refractivity contribution is -0.123. The van der Waals surface area contributed by atoms with Crippen molar-refractivity contribution in [3.63, 3.8) is 0 Å². The average Bonchev–Trinajstić information content (AvgIpc) is 2.78. The minimum absolute atomic E-state index is 0.00198. The van der Waals surface area contributed by atoms with Crippen molar-refractivity contribution in [3.05, 3.63) is 59.2 Å². The van der Waals surface area contributed by atoms with Crippen molar-refractivity contribution in [2.75, 3.05) is 13.7 Å². The fourth-order valence-corrected chi connectivity index (χ4v) is 3.02. The zero-order chi connectivity index (χ0) is 22.2. The summed E-state index contributed by atoms with van der Waals surface area (Å²) in [6, 6.07) is 12.7. The van der Waals surface area contributed by atoms with Crippen LogP contribution in [0.15, 0.2) is 53.8 Å². The van der Waals surface area contributed by atoms with Crippen LogP contribution in [0.3, 0.4) is 0 Å². The van der Waals surface area contributed by atoms with E-state index in [0.717, 1.165) is 11.8 Å². The molecule has 0 bridgehead atoms. The quantitative estimate of drug-likeness (QED) is 0.387. The van der Waals surface area contributed by atoms with E-state index in [1.165, 1.54) is 13.3 Å². The van der Waals surface area contributed by atoms with Crippen LogP contribution < -0.4 is 19.6 Å². The second-order valence-corrected chi connectivity index (χ2v) is 7.19. The standard InChI is InChI=1S/C23H24ClN3O4/c1-4-15(2)31-23-18(24)11-16(12-20(23)29-3)13-26-27-21(28)14-30-19-9-5-7-17-8-6-10-25-22(17)19/h5-13,15H,4,14H2,1-3H3,(H,27,28)/b26-13-/t15-/m1/s1. The molecular weight excluding hydrogens is 418 g/mol. The number of carbonyl (C=O) groups is 1. The number of hydrazone groups is 1. The van der Waals surface area contributed by atoms with Crippen molar-refractivity contribution in [2.24, 2.45) is 5.10 Å². The molecule has 0 aliphatic heterocycles. The molecule has 0 saturated heterocycles. The third kappa shape index (κ3) is 5.86. The Morgan fingerprint density at radius 3 is 2.84 bits per heavy atom. The summed E-state index contributed by atoms with van der Waals surface area (Å²) in [4.78, 5) is 16.4. The van der Waals surface area contributed by atoms with Gasteiger partial charge in [0.05, 0.1) is 24.5 Å². The molecule has 1 N–H and O–H groups in total. The highest BCUT2D eigenvalue weighted by Gasteiger charge is 2.14. The Morgan fingerprint density at radius 2 is 2.06 bits per heavy atom. The Morgan fingerprint density at radius 1 is 1.26 bits per heavy atom. The normalized spacial score (nSPS) is 12.0. The number of amides is 1. The first kappa shape index (κ1) is 22.4. The molecule has 1 aromatic heterocycles. The Kier molecular flexibility index (Phi) is 7.67. The zero-order valence-electron chi connectivity index (χ0n) is 17.6. The highest BCUT2D eigenvalue weighted by atomic mass is 35.5. The first-order chi connectivity index (χ1) is 15.0. The number of hydrogen-bond acceptors (Lipinski definition) is 6. The van der Waals surface area contributed by atoms with Gasteiger partial charge in [0.2, 0.25) is 0 Å². The summed E-state index contributed by atoms with van der Waals surface area (Å²) in [7, 11) is 1.54. The molecule has 0 unspecified atom stereocenters. The van der Waals surface area contributed by atoms with E-state index in [0.29, 0.717) is 33.4 Å². The summed E-state index contributed by atoms with van der Waals surface area (Å²) < 4.78 is 16.8. The molecule has 1 heterocycles. The lowest BCUT2D eigenvalue weighted by Gasteiger charge is -2.17. The third-order valence-corrected chi connectivity index (χ3v) is 4.78. The number of nitrogens with one attached hydrogen (secondary N) is 1. The summed E-state index contributed by atoms with van der Waals surface area (Å²) >= 11 is 6.34. The van der Waals surface area contributed by atoms with Crippen LogP contribution in [0.5, 0.6) is 17.2 Å². The third-order valence-electron chi connectivity index (χ3n) is 4.50. The molecule has 162 valence electrons. The number of methoxy groups -OCH3 is 1. The van der Waals surface area contributed by atoms with E-state index in [4.69, 9.17) is 25.8 Å². The van der Waals surface area contributed by atoms with Gasteiger partial charge >= 0.3 is 0 Å². The Labute approximate surface area is 186 Å². The maximum Gasteiger partial charge on any atom is 0.277 e. The van der Waals surface area contributed by atoms with Gasteiger partial charge in [-0.25, -0.2) is 5.43 Å². The lowest BCUT2D eigenvalue weighted by atomic mass is 10.2. The summed E-state index contributed by atoms with van der Waals surface area (Å²) in [5, 5.41) is 5.30. The summed E-state index contributed by atoms with van der Waals surface area (Å²) in [5.41, 5.74) is 3.78. The van der Waals surface area contributed by atoms with Gasteiger partial charge in [-0.2, -0.15) is 5.10 Å². The molecule has 0 aliphatic rings. The number of hydrogen-bond donors (Lipinski definition) is 1. The second kappa shape index (κ2) is 10.6. The number of benzene rings is 2. The molecule has 31 heavy (non-hydrogen) atoms. The van der Waals surface area contributed by atoms with E-state index in [9.17, 15) is 4.79 Å². The van der Waals surface area contributed by atoms with E-state index >= 15 is 0 Å². The first-order valence-electron chi connectivity index (χ1n) is 9.84. The molecule has 1 amide bonds. The number of nitrogens with zero attached hydrogens (tertiary/aromatic N) is 2. The SMILES string of the molecule is CC[C@@H](C)Oc1c(Cl)cc(/C=N\NC(=O)COc2cccc3cccnc23)cc1OC. The molecule has 0 saturated carbocycles. The highest BCUT2D eigenvalue weighted by Crippen LogP contribution is 2.37. The predicted molar refractivity (Wildman–Crippen MR) is 121 cm³/mol. The monoisotopic (exact) mass is 441 g/mol. The number of para-hydroxylation sites is 1. The molecule has 0 radical (unpaired) electrons. The van der Waals surface area contributed by atoms with Crippen molar-refractivity contribution in [2.45, 2.75) is 26.4 Å². The lowest BCUT2D eigenvalue weighted by Crippen LogP contribution is -2.24. The van der Waals surface area contributed by atoms with E-state index in [2.05, 4.69) is 15.5 Å². The van der Waals surface area contributed by atoms with Crippen molar-refractivity contribution in [1.82, 2.24) is 10.4 Å². The van der Waals surface area contributed by atoms with Crippen molar-refractivity contribution in [1.29, 1.82) is 0 Å². The molecule has 3 aromatic rings. The van der Waals surface area contributed by atoms with Crippen LogP contribution >= 0.6 is 11.6 Å². The number of rotatable bonds is 9. The van der Waals surface area contributed by atoms with Crippen LogP contribution in [-0.2, 0) is 4.79 Å². The molecule has 8 heteroatoms. The predicted octanol–water partition coefficient (Wildman–Crippen LogP) is 4.60. The van der Waals surface area contributed by atoms with Crippen LogP contribution in [0.1, 0.15) is 25.8 Å². The van der Waals surface area contributed by atoms with Gasteiger partial charge in [-0.3, -0.25) is 9.78 Å². The van der Waals surface area contributed by atoms with Gasteiger partial charge in [0, 0.05) is 11.6 Å². The topological polar surface area (TPSA) is 82.0 Å². The largest absolute Gasteiger partial charge is 0.493 e. The molecule has 3 rings (SSSR count). The maximum atomic E-state index is 12.1. The smallest absolute Gasteiger partial charge is 0.277 e. The number of aromatic nitrogens is 1. The van der Waals surface area contributed by atoms with Crippen molar-refractivity contribution in [3.8, 4) is 17.2 Å². The van der Waals surface area contributed by atoms with Gasteiger partial charge in [0.15, 0.2) is 18.1 Å². The molecule has 1 atom stereocenters. The van der Waals surface area contributed by atoms with Crippen molar-refractivity contribution >= 4 is 34.6 Å². The number of ether oxygens (including phenoxy) is 3.